The molecule has 0 radical (unpaired) electrons. The average Bonchev–Trinajstić information content (AvgIpc) is 2.20. The molecule has 100 valence electrons. The van der Waals surface area contributed by atoms with E-state index in [1.54, 1.807) is 0 Å². The van der Waals surface area contributed by atoms with Crippen LogP contribution in [-0.2, 0) is 4.79 Å². The number of rotatable bonds is 2. The Balaban J connectivity index is 2.58. The van der Waals surface area contributed by atoms with Gasteiger partial charge in [-0.15, -0.1) is 0 Å². The second kappa shape index (κ2) is 5.38. The molecule has 4 atom stereocenters. The van der Waals surface area contributed by atoms with Gasteiger partial charge in [-0.05, 0) is 31.1 Å². The summed E-state index contributed by atoms with van der Waals surface area (Å²) in [7, 11) is 0. The van der Waals surface area contributed by atoms with Crippen LogP contribution in [0.25, 0.3) is 0 Å². The van der Waals surface area contributed by atoms with Crippen molar-refractivity contribution in [3.8, 4) is 0 Å². The third-order valence-corrected chi connectivity index (χ3v) is 4.36. The minimum absolute atomic E-state index is 0.101. The van der Waals surface area contributed by atoms with Crippen LogP contribution in [0, 0.1) is 17.3 Å². The summed E-state index contributed by atoms with van der Waals surface area (Å²) in [6.45, 7) is 10.6. The number of hydrogen-bond acceptors (Lipinski definition) is 2. The maximum atomic E-state index is 12.2. The quantitative estimate of drug-likeness (QED) is 0.778. The fourth-order valence-electron chi connectivity index (χ4n) is 2.30. The van der Waals surface area contributed by atoms with Gasteiger partial charge in [0, 0.05) is 18.0 Å². The summed E-state index contributed by atoms with van der Waals surface area (Å²) in [4.78, 5) is 12.2. The molecule has 4 unspecified atom stereocenters. The van der Waals surface area contributed by atoms with Gasteiger partial charge >= 0.3 is 0 Å². The maximum Gasteiger partial charge on any atom is 0.223 e. The van der Waals surface area contributed by atoms with Crippen LogP contribution in [0.4, 0.5) is 0 Å². The van der Waals surface area contributed by atoms with Crippen molar-refractivity contribution in [2.24, 2.45) is 23.0 Å². The molecule has 1 aliphatic rings. The number of carbonyl (C=O) groups excluding carboxylic acids is 1. The van der Waals surface area contributed by atoms with E-state index in [1.807, 2.05) is 0 Å². The molecule has 1 aliphatic carbocycles. The van der Waals surface area contributed by atoms with E-state index in [0.29, 0.717) is 5.92 Å². The van der Waals surface area contributed by atoms with Gasteiger partial charge in [-0.1, -0.05) is 34.1 Å². The monoisotopic (exact) mass is 240 g/mol. The van der Waals surface area contributed by atoms with Gasteiger partial charge in [0.2, 0.25) is 5.91 Å². The topological polar surface area (TPSA) is 55.1 Å². The lowest BCUT2D eigenvalue weighted by Gasteiger charge is -2.35. The highest BCUT2D eigenvalue weighted by atomic mass is 16.2. The first kappa shape index (κ1) is 14.5. The van der Waals surface area contributed by atoms with Crippen LogP contribution in [-0.4, -0.2) is 18.0 Å². The molecule has 0 aromatic carbocycles. The molecule has 3 N–H and O–H groups in total. The van der Waals surface area contributed by atoms with Crippen molar-refractivity contribution in [3.63, 3.8) is 0 Å². The summed E-state index contributed by atoms with van der Waals surface area (Å²) < 4.78 is 0. The lowest BCUT2D eigenvalue weighted by molar-refractivity contribution is -0.129. The van der Waals surface area contributed by atoms with Crippen LogP contribution < -0.4 is 11.1 Å². The Bertz CT molecular complexity index is 270. The van der Waals surface area contributed by atoms with Crippen molar-refractivity contribution in [2.75, 3.05) is 0 Å². The molecule has 0 spiro atoms. The van der Waals surface area contributed by atoms with Crippen molar-refractivity contribution in [3.05, 3.63) is 0 Å². The molecular weight excluding hydrogens is 212 g/mol. The average molecular weight is 240 g/mol. The standard InChI is InChI=1S/C14H28N2O/c1-9-11(7-6-8-12(9)15)13(17)16-10(2)14(3,4)5/h9-12H,6-8,15H2,1-5H3,(H,16,17). The third-order valence-electron chi connectivity index (χ3n) is 4.36. The number of hydrogen-bond donors (Lipinski definition) is 2. The Morgan fingerprint density at radius 3 is 2.47 bits per heavy atom. The Labute approximate surface area is 106 Å². The van der Waals surface area contributed by atoms with Gasteiger partial charge in [0.05, 0.1) is 0 Å². The van der Waals surface area contributed by atoms with Crippen molar-refractivity contribution in [2.45, 2.75) is 66.0 Å². The van der Waals surface area contributed by atoms with Crippen LogP contribution >= 0.6 is 0 Å². The summed E-state index contributed by atoms with van der Waals surface area (Å²) in [5, 5.41) is 3.15. The Hall–Kier alpha value is -0.570. The first-order chi connectivity index (χ1) is 7.73. The summed E-state index contributed by atoms with van der Waals surface area (Å²) in [5.74, 6) is 0.592. The second-order valence-electron chi connectivity index (χ2n) is 6.66. The van der Waals surface area contributed by atoms with E-state index >= 15 is 0 Å². The molecule has 1 fully saturated rings. The van der Waals surface area contributed by atoms with Gasteiger partial charge in [0.1, 0.15) is 0 Å². The highest BCUT2D eigenvalue weighted by molar-refractivity contribution is 5.79. The number of nitrogens with two attached hydrogens (primary N) is 1. The largest absolute Gasteiger partial charge is 0.353 e. The molecular formula is C14H28N2O. The number of nitrogens with one attached hydrogen (secondary N) is 1. The first-order valence-electron chi connectivity index (χ1n) is 6.79. The van der Waals surface area contributed by atoms with Gasteiger partial charge < -0.3 is 11.1 Å². The lowest BCUT2D eigenvalue weighted by atomic mass is 9.76. The molecule has 0 heterocycles. The van der Waals surface area contributed by atoms with Crippen molar-refractivity contribution in [1.82, 2.24) is 5.32 Å². The fraction of sp³-hybridized carbons (Fsp3) is 0.929. The molecule has 0 aromatic rings. The predicted octanol–water partition coefficient (Wildman–Crippen LogP) is 2.30. The molecule has 3 nitrogen and oxygen atoms in total. The molecule has 0 bridgehead atoms. The minimum atomic E-state index is 0.101. The van der Waals surface area contributed by atoms with Crippen molar-refractivity contribution in [1.29, 1.82) is 0 Å². The van der Waals surface area contributed by atoms with Gasteiger partial charge in [-0.3, -0.25) is 4.79 Å². The number of carbonyl (C=O) groups is 1. The van der Waals surface area contributed by atoms with E-state index in [2.05, 4.69) is 39.9 Å². The lowest BCUT2D eigenvalue weighted by Crippen LogP contribution is -2.49. The molecule has 0 aromatic heterocycles. The van der Waals surface area contributed by atoms with E-state index in [4.69, 9.17) is 5.73 Å². The molecule has 1 saturated carbocycles. The zero-order valence-electron chi connectivity index (χ0n) is 11.9. The van der Waals surface area contributed by atoms with Crippen molar-refractivity contribution >= 4 is 5.91 Å². The van der Waals surface area contributed by atoms with Crippen LogP contribution in [0.15, 0.2) is 0 Å². The van der Waals surface area contributed by atoms with Crippen LogP contribution in [0.2, 0.25) is 0 Å². The van der Waals surface area contributed by atoms with E-state index < -0.39 is 0 Å². The van der Waals surface area contributed by atoms with E-state index in [9.17, 15) is 4.79 Å². The molecule has 0 aliphatic heterocycles. The van der Waals surface area contributed by atoms with Crippen LogP contribution in [0.5, 0.6) is 0 Å². The summed E-state index contributed by atoms with van der Waals surface area (Å²) in [5.41, 5.74) is 6.15. The van der Waals surface area contributed by atoms with E-state index in [-0.39, 0.29) is 29.3 Å². The van der Waals surface area contributed by atoms with Gasteiger partial charge in [-0.2, -0.15) is 0 Å². The molecule has 0 saturated heterocycles. The SMILES string of the molecule is CC1C(N)CCCC1C(=O)NC(C)C(C)(C)C. The summed E-state index contributed by atoms with van der Waals surface area (Å²) >= 11 is 0. The smallest absolute Gasteiger partial charge is 0.223 e. The fourth-order valence-corrected chi connectivity index (χ4v) is 2.30. The highest BCUT2D eigenvalue weighted by Gasteiger charge is 2.34. The third kappa shape index (κ3) is 3.70. The minimum Gasteiger partial charge on any atom is -0.353 e. The van der Waals surface area contributed by atoms with Gasteiger partial charge in [-0.25, -0.2) is 0 Å². The molecule has 17 heavy (non-hydrogen) atoms. The van der Waals surface area contributed by atoms with E-state index in [0.717, 1.165) is 19.3 Å². The highest BCUT2D eigenvalue weighted by Crippen LogP contribution is 2.29. The zero-order valence-corrected chi connectivity index (χ0v) is 11.9. The second-order valence-corrected chi connectivity index (χ2v) is 6.66. The normalized spacial score (nSPS) is 32.0. The van der Waals surface area contributed by atoms with Gasteiger partial charge in [0.15, 0.2) is 0 Å². The number of amides is 1. The predicted molar refractivity (Wildman–Crippen MR) is 71.5 cm³/mol. The van der Waals surface area contributed by atoms with Crippen molar-refractivity contribution < 1.29 is 4.79 Å². The van der Waals surface area contributed by atoms with Crippen LogP contribution in [0.1, 0.15) is 53.9 Å². The Kier molecular flexibility index (Phi) is 4.59. The summed E-state index contributed by atoms with van der Waals surface area (Å²) in [6.07, 6.45) is 3.12. The Morgan fingerprint density at radius 2 is 1.94 bits per heavy atom. The zero-order chi connectivity index (χ0) is 13.2. The van der Waals surface area contributed by atoms with Gasteiger partial charge in [0.25, 0.3) is 0 Å². The first-order valence-corrected chi connectivity index (χ1v) is 6.79. The molecule has 1 amide bonds. The molecule has 3 heteroatoms. The Morgan fingerprint density at radius 1 is 1.35 bits per heavy atom. The van der Waals surface area contributed by atoms with Crippen LogP contribution in [0.3, 0.4) is 0 Å². The maximum absolute atomic E-state index is 12.2. The summed E-state index contributed by atoms with van der Waals surface area (Å²) in [6, 6.07) is 0.379. The molecule has 1 rings (SSSR count). The van der Waals surface area contributed by atoms with E-state index in [1.165, 1.54) is 0 Å².